The van der Waals surface area contributed by atoms with Gasteiger partial charge in [-0.25, -0.2) is 19.6 Å². The van der Waals surface area contributed by atoms with Crippen LogP contribution in [0.25, 0.3) is 32.4 Å². The van der Waals surface area contributed by atoms with E-state index in [9.17, 15) is 29.1 Å². The predicted octanol–water partition coefficient (Wildman–Crippen LogP) is 4.35. The molecule has 0 spiro atoms. The van der Waals surface area contributed by atoms with Crippen molar-refractivity contribution < 1.29 is 33.8 Å². The van der Waals surface area contributed by atoms with E-state index in [1.807, 2.05) is 35.8 Å². The first-order valence-corrected chi connectivity index (χ1v) is 20.4. The molecular formula is C41H55N13O7. The Hall–Kier alpha value is -6.66. The maximum absolute atomic E-state index is 13.6. The molecule has 0 saturated heterocycles. The second kappa shape index (κ2) is 20.5. The molecule has 1 saturated carbocycles. The number of hydrogen-bond donors (Lipinski definition) is 7. The molecule has 0 unspecified atom stereocenters. The number of imidazole rings is 1. The van der Waals surface area contributed by atoms with Gasteiger partial charge in [-0.2, -0.15) is 0 Å². The number of fused-ring (bicyclic) bond motifs is 3. The average molecular weight is 842 g/mol. The van der Waals surface area contributed by atoms with Crippen LogP contribution < -0.4 is 32.7 Å². The van der Waals surface area contributed by atoms with Crippen molar-refractivity contribution in [3.05, 3.63) is 70.4 Å². The molecule has 20 nitrogen and oxygen atoms in total. The molecule has 5 rings (SSSR count). The number of aromatic nitrogens is 3. The summed E-state index contributed by atoms with van der Waals surface area (Å²) in [5, 5.41) is 26.0. The Morgan fingerprint density at radius 2 is 1.75 bits per heavy atom. The number of amides is 6. The van der Waals surface area contributed by atoms with E-state index < -0.39 is 46.9 Å². The third kappa shape index (κ3) is 11.8. The first kappa shape index (κ1) is 45.4. The topological polar surface area (TPSA) is 298 Å². The number of azide groups is 1. The summed E-state index contributed by atoms with van der Waals surface area (Å²) in [4.78, 5) is 78.4. The van der Waals surface area contributed by atoms with Gasteiger partial charge in [-0.3, -0.25) is 14.4 Å². The maximum atomic E-state index is 13.6. The molecule has 0 bridgehead atoms. The Morgan fingerprint density at radius 1 is 1.03 bits per heavy atom. The third-order valence-corrected chi connectivity index (χ3v) is 10.5. The van der Waals surface area contributed by atoms with Gasteiger partial charge < -0.3 is 52.0 Å². The highest BCUT2D eigenvalue weighted by Gasteiger charge is 2.51. The zero-order valence-corrected chi connectivity index (χ0v) is 34.8. The van der Waals surface area contributed by atoms with E-state index in [0.29, 0.717) is 78.7 Å². The molecule has 4 aromatic rings. The molecule has 9 N–H and O–H groups in total. The molecule has 326 valence electrons. The fourth-order valence-corrected chi connectivity index (χ4v) is 7.11. The van der Waals surface area contributed by atoms with Crippen molar-refractivity contribution in [2.24, 2.45) is 16.3 Å². The van der Waals surface area contributed by atoms with Gasteiger partial charge in [0, 0.05) is 42.2 Å². The normalized spacial score (nSPS) is 13.6. The minimum Gasteiger partial charge on any atom is -0.445 e. The monoisotopic (exact) mass is 841 g/mol. The average Bonchev–Trinajstić information content (AvgIpc) is 3.55. The fourth-order valence-electron chi connectivity index (χ4n) is 7.11. The van der Waals surface area contributed by atoms with Crippen molar-refractivity contribution in [1.82, 2.24) is 35.4 Å². The van der Waals surface area contributed by atoms with Crippen LogP contribution in [-0.4, -0.2) is 92.2 Å². The highest BCUT2D eigenvalue weighted by Crippen LogP contribution is 2.41. The van der Waals surface area contributed by atoms with Crippen LogP contribution in [-0.2, 0) is 38.8 Å². The highest BCUT2D eigenvalue weighted by molar-refractivity contribution is 6.08. The number of anilines is 2. The Morgan fingerprint density at radius 3 is 2.41 bits per heavy atom. The molecule has 1 fully saturated rings. The lowest BCUT2D eigenvalue weighted by molar-refractivity contribution is -0.150. The van der Waals surface area contributed by atoms with Crippen molar-refractivity contribution in [2.45, 2.75) is 97.1 Å². The SMILES string of the molecule is CCN(Cc1nc2c(N)nc3ccccc3c2n1CC(C)(C)O)C(=O)OCc1ccc(NC(=O)[C@H](CCCCNC(N)=O)NC(=O)C2(C(=O)NCCCN=[N+]=[N-])CCC2)cc1. The second-order valence-electron chi connectivity index (χ2n) is 15.7. The predicted molar refractivity (Wildman–Crippen MR) is 228 cm³/mol. The zero-order valence-electron chi connectivity index (χ0n) is 34.8. The number of nitrogens with one attached hydrogen (secondary N) is 4. The zero-order chi connectivity index (χ0) is 44.2. The number of carbonyl (C=O) groups is 5. The molecular weight excluding hydrogens is 787 g/mol. The summed E-state index contributed by atoms with van der Waals surface area (Å²) < 4.78 is 7.57. The van der Waals surface area contributed by atoms with E-state index in [-0.39, 0.29) is 51.6 Å². The maximum Gasteiger partial charge on any atom is 0.410 e. The second-order valence-corrected chi connectivity index (χ2v) is 15.7. The van der Waals surface area contributed by atoms with Crippen molar-refractivity contribution >= 4 is 63.3 Å². The molecule has 0 radical (unpaired) electrons. The van der Waals surface area contributed by atoms with Gasteiger partial charge in [-0.1, -0.05) is 41.9 Å². The lowest BCUT2D eigenvalue weighted by Crippen LogP contribution is -2.58. The van der Waals surface area contributed by atoms with E-state index in [2.05, 4.69) is 36.3 Å². The quantitative estimate of drug-likeness (QED) is 0.0205. The number of aliphatic hydroxyl groups is 1. The number of primary amides is 1. The molecule has 6 amide bonds. The number of nitrogen functional groups attached to an aromatic ring is 1. The molecule has 1 atom stereocenters. The first-order chi connectivity index (χ1) is 29.2. The van der Waals surface area contributed by atoms with Gasteiger partial charge in [-0.05, 0) is 88.6 Å². The summed E-state index contributed by atoms with van der Waals surface area (Å²) in [7, 11) is 0. The number of urea groups is 1. The van der Waals surface area contributed by atoms with E-state index in [1.165, 1.54) is 4.90 Å². The van der Waals surface area contributed by atoms with Crippen molar-refractivity contribution in [1.29, 1.82) is 0 Å². The van der Waals surface area contributed by atoms with Gasteiger partial charge in [0.25, 0.3) is 0 Å². The lowest BCUT2D eigenvalue weighted by Gasteiger charge is -2.39. The van der Waals surface area contributed by atoms with E-state index in [1.54, 1.807) is 38.1 Å². The van der Waals surface area contributed by atoms with Crippen LogP contribution in [0.15, 0.2) is 53.6 Å². The number of benzene rings is 2. The van der Waals surface area contributed by atoms with Crippen LogP contribution in [0.5, 0.6) is 0 Å². The highest BCUT2D eigenvalue weighted by atomic mass is 16.6. The van der Waals surface area contributed by atoms with Crippen LogP contribution in [0.3, 0.4) is 0 Å². The van der Waals surface area contributed by atoms with Gasteiger partial charge in [0.15, 0.2) is 5.82 Å². The number of nitrogens with zero attached hydrogens (tertiary/aromatic N) is 7. The number of ether oxygens (including phenoxy) is 1. The van der Waals surface area contributed by atoms with Crippen LogP contribution in [0, 0.1) is 5.41 Å². The van der Waals surface area contributed by atoms with Crippen molar-refractivity contribution in [3.63, 3.8) is 0 Å². The summed E-state index contributed by atoms with van der Waals surface area (Å²) in [6.45, 7) is 6.41. The third-order valence-electron chi connectivity index (χ3n) is 10.5. The number of pyridine rings is 1. The summed E-state index contributed by atoms with van der Waals surface area (Å²) in [5.74, 6) is -0.753. The molecule has 2 aromatic heterocycles. The van der Waals surface area contributed by atoms with Gasteiger partial charge in [0.2, 0.25) is 17.7 Å². The Balaban J connectivity index is 1.22. The standard InChI is InChI=1S/C41H55N13O7/c1-4-53(23-31-51-32-33(54(31)25-40(2,3)60)28-11-5-6-12-29(28)49-34(32)42)39(59)61-24-26-14-16-27(17-15-26)48-35(55)30(13-7-8-20-46-38(43)58)50-37(57)41(18-9-19-41)36(56)45-21-10-22-47-52-44/h5-6,11-12,14-17,30,60H,4,7-10,13,18-25H2,1-3H3,(H2,42,49)(H,45,56)(H,48,55)(H,50,57)(H3,43,46,58)/t30-/m0/s1. The molecule has 2 heterocycles. The molecule has 1 aliphatic carbocycles. The number of para-hydroxylation sites is 1. The molecule has 1 aliphatic rings. The van der Waals surface area contributed by atoms with Crippen molar-refractivity contribution in [3.8, 4) is 0 Å². The summed E-state index contributed by atoms with van der Waals surface area (Å²) in [6, 6.07) is 12.5. The van der Waals surface area contributed by atoms with Crippen LogP contribution in [0.1, 0.15) is 77.1 Å². The minimum absolute atomic E-state index is 0.0706. The van der Waals surface area contributed by atoms with Gasteiger partial charge in [0.1, 0.15) is 29.4 Å². The smallest absolute Gasteiger partial charge is 0.410 e. The van der Waals surface area contributed by atoms with Crippen LogP contribution in [0.2, 0.25) is 0 Å². The summed E-state index contributed by atoms with van der Waals surface area (Å²) in [5.41, 5.74) is 20.5. The number of carbonyl (C=O) groups excluding carboxylic acids is 5. The van der Waals surface area contributed by atoms with Crippen molar-refractivity contribution in [2.75, 3.05) is 37.2 Å². The van der Waals surface area contributed by atoms with Gasteiger partial charge >= 0.3 is 12.1 Å². The number of unbranched alkanes of at least 4 members (excludes halogenated alkanes) is 1. The fraction of sp³-hybridized carbons (Fsp3) is 0.488. The number of hydrogen-bond acceptors (Lipinski definition) is 11. The summed E-state index contributed by atoms with van der Waals surface area (Å²) >= 11 is 0. The van der Waals surface area contributed by atoms with E-state index in [0.717, 1.165) is 5.39 Å². The molecule has 61 heavy (non-hydrogen) atoms. The largest absolute Gasteiger partial charge is 0.445 e. The molecule has 0 aliphatic heterocycles. The summed E-state index contributed by atoms with van der Waals surface area (Å²) in [6.07, 6.45) is 2.32. The van der Waals surface area contributed by atoms with E-state index in [4.69, 9.17) is 26.7 Å². The minimum atomic E-state index is -1.32. The number of nitrogens with two attached hydrogens (primary N) is 2. The molecule has 20 heteroatoms. The Labute approximate surface area is 352 Å². The molecule has 2 aromatic carbocycles. The Bertz CT molecular complexity index is 2260. The van der Waals surface area contributed by atoms with Crippen LogP contribution in [0.4, 0.5) is 21.1 Å². The number of rotatable bonds is 21. The lowest BCUT2D eigenvalue weighted by atomic mass is 9.67. The van der Waals surface area contributed by atoms with Crippen LogP contribution >= 0.6 is 0 Å². The Kier molecular flexibility index (Phi) is 15.3. The van der Waals surface area contributed by atoms with E-state index >= 15 is 0 Å². The van der Waals surface area contributed by atoms with Gasteiger partial charge in [0.05, 0.1) is 29.7 Å². The van der Waals surface area contributed by atoms with Gasteiger partial charge in [-0.15, -0.1) is 0 Å². The first-order valence-electron chi connectivity index (χ1n) is 20.4.